The number of ether oxygens (including phenoxy) is 1. The van der Waals surface area contributed by atoms with E-state index in [2.05, 4.69) is 15.3 Å². The molecule has 1 aromatic rings. The highest BCUT2D eigenvalue weighted by Crippen LogP contribution is 2.38. The van der Waals surface area contributed by atoms with Gasteiger partial charge in [-0.25, -0.2) is 4.98 Å². The average molecular weight is 281 g/mol. The Labute approximate surface area is 116 Å². The summed E-state index contributed by atoms with van der Waals surface area (Å²) in [6.07, 6.45) is 1.89. The maximum absolute atomic E-state index is 10.7. The van der Waals surface area contributed by atoms with E-state index in [1.807, 2.05) is 27.7 Å². The minimum atomic E-state index is -0.606. The van der Waals surface area contributed by atoms with Gasteiger partial charge in [-0.1, -0.05) is 0 Å². The van der Waals surface area contributed by atoms with Crippen molar-refractivity contribution < 1.29 is 9.66 Å². The van der Waals surface area contributed by atoms with E-state index in [4.69, 9.17) is 10.5 Å². The van der Waals surface area contributed by atoms with Crippen LogP contribution in [-0.4, -0.2) is 32.1 Å². The average Bonchev–Trinajstić information content (AvgIpc) is 2.45. The molecule has 1 aliphatic heterocycles. The number of hydrogen-bond acceptors (Lipinski definition) is 7. The summed E-state index contributed by atoms with van der Waals surface area (Å²) in [5.74, 6) is 0.121. The number of nitrogens with one attached hydrogen (secondary N) is 1. The zero-order valence-corrected chi connectivity index (χ0v) is 12.0. The molecule has 1 saturated heterocycles. The van der Waals surface area contributed by atoms with E-state index in [-0.39, 0.29) is 34.7 Å². The van der Waals surface area contributed by atoms with Gasteiger partial charge in [0.1, 0.15) is 6.20 Å². The molecule has 8 heteroatoms. The van der Waals surface area contributed by atoms with E-state index in [1.165, 1.54) is 0 Å². The summed E-state index contributed by atoms with van der Waals surface area (Å²) in [4.78, 5) is 17.9. The fourth-order valence-corrected chi connectivity index (χ4v) is 2.54. The minimum Gasteiger partial charge on any atom is -0.378 e. The molecule has 1 unspecified atom stereocenters. The number of nitrogen functional groups attached to an aromatic ring is 1. The SMILES string of the molecule is CC1(C)CC(Nc2ncc([N+](=O)[O-])c(N)n2)C(C)(C)O1. The van der Waals surface area contributed by atoms with Crippen molar-refractivity contribution in [2.24, 2.45) is 0 Å². The molecule has 1 aliphatic rings. The molecule has 1 aromatic heterocycles. The standard InChI is InChI=1S/C12H19N5O3/c1-11(2)5-8(12(3,4)20-11)15-10-14-6-7(17(18)19)9(13)16-10/h6,8H,5H2,1-4H3,(H3,13,14,15,16). The molecule has 20 heavy (non-hydrogen) atoms. The fraction of sp³-hybridized carbons (Fsp3) is 0.667. The highest BCUT2D eigenvalue weighted by atomic mass is 16.6. The zero-order valence-electron chi connectivity index (χ0n) is 12.0. The van der Waals surface area contributed by atoms with Crippen LogP contribution in [0.2, 0.25) is 0 Å². The van der Waals surface area contributed by atoms with Crippen molar-refractivity contribution in [2.75, 3.05) is 11.1 Å². The van der Waals surface area contributed by atoms with E-state index >= 15 is 0 Å². The Kier molecular flexibility index (Phi) is 3.29. The molecule has 8 nitrogen and oxygen atoms in total. The van der Waals surface area contributed by atoms with E-state index in [0.717, 1.165) is 12.6 Å². The van der Waals surface area contributed by atoms with Gasteiger partial charge in [-0.2, -0.15) is 4.98 Å². The van der Waals surface area contributed by atoms with E-state index in [9.17, 15) is 10.1 Å². The molecule has 0 radical (unpaired) electrons. The van der Waals surface area contributed by atoms with E-state index in [0.29, 0.717) is 0 Å². The van der Waals surface area contributed by atoms with Crippen molar-refractivity contribution in [1.29, 1.82) is 0 Å². The summed E-state index contributed by atoms with van der Waals surface area (Å²) < 4.78 is 5.96. The molecule has 0 spiro atoms. The Morgan fingerprint density at radius 3 is 2.60 bits per heavy atom. The third kappa shape index (κ3) is 2.79. The van der Waals surface area contributed by atoms with Crippen LogP contribution in [0.3, 0.4) is 0 Å². The van der Waals surface area contributed by atoms with Crippen LogP contribution < -0.4 is 11.1 Å². The van der Waals surface area contributed by atoms with Crippen molar-refractivity contribution in [1.82, 2.24) is 9.97 Å². The van der Waals surface area contributed by atoms with Crippen LogP contribution in [0.1, 0.15) is 34.1 Å². The second-order valence-electron chi connectivity index (χ2n) is 6.09. The van der Waals surface area contributed by atoms with Crippen LogP contribution in [0.4, 0.5) is 17.5 Å². The molecular formula is C12H19N5O3. The molecule has 110 valence electrons. The van der Waals surface area contributed by atoms with Crippen molar-refractivity contribution in [3.63, 3.8) is 0 Å². The fourth-order valence-electron chi connectivity index (χ4n) is 2.54. The predicted octanol–water partition coefficient (Wildman–Crippen LogP) is 1.72. The second kappa shape index (κ2) is 4.55. The van der Waals surface area contributed by atoms with Gasteiger partial charge in [-0.15, -0.1) is 0 Å². The molecule has 2 rings (SSSR count). The first-order chi connectivity index (χ1) is 9.11. The molecule has 0 aliphatic carbocycles. The zero-order chi connectivity index (χ0) is 15.1. The summed E-state index contributed by atoms with van der Waals surface area (Å²) in [5.41, 5.74) is 4.63. The van der Waals surface area contributed by atoms with Gasteiger partial charge in [-0.05, 0) is 34.1 Å². The van der Waals surface area contributed by atoms with Crippen molar-refractivity contribution in [3.8, 4) is 0 Å². The molecule has 0 aromatic carbocycles. The van der Waals surface area contributed by atoms with Crippen LogP contribution in [0.25, 0.3) is 0 Å². The largest absolute Gasteiger partial charge is 0.378 e. The maximum Gasteiger partial charge on any atom is 0.329 e. The van der Waals surface area contributed by atoms with Gasteiger partial charge in [0, 0.05) is 0 Å². The summed E-state index contributed by atoms with van der Waals surface area (Å²) in [5, 5.41) is 13.8. The first-order valence-corrected chi connectivity index (χ1v) is 6.34. The van der Waals surface area contributed by atoms with Crippen LogP contribution in [-0.2, 0) is 4.74 Å². The van der Waals surface area contributed by atoms with E-state index in [1.54, 1.807) is 0 Å². The molecule has 0 bridgehead atoms. The summed E-state index contributed by atoms with van der Waals surface area (Å²) in [7, 11) is 0. The lowest BCUT2D eigenvalue weighted by molar-refractivity contribution is -0.384. The van der Waals surface area contributed by atoms with Crippen molar-refractivity contribution in [3.05, 3.63) is 16.3 Å². The van der Waals surface area contributed by atoms with E-state index < -0.39 is 4.92 Å². The smallest absolute Gasteiger partial charge is 0.329 e. The summed E-state index contributed by atoms with van der Waals surface area (Å²) in [6, 6.07) is -0.00152. The lowest BCUT2D eigenvalue weighted by atomic mass is 9.95. The third-order valence-corrected chi connectivity index (χ3v) is 3.37. The van der Waals surface area contributed by atoms with Gasteiger partial charge >= 0.3 is 5.69 Å². The van der Waals surface area contributed by atoms with Gasteiger partial charge in [0.2, 0.25) is 11.8 Å². The maximum atomic E-state index is 10.7. The Hall–Kier alpha value is -1.96. The lowest BCUT2D eigenvalue weighted by Gasteiger charge is -2.27. The Bertz CT molecular complexity index is 544. The first-order valence-electron chi connectivity index (χ1n) is 6.34. The third-order valence-electron chi connectivity index (χ3n) is 3.37. The molecule has 0 saturated carbocycles. The number of aromatic nitrogens is 2. The Balaban J connectivity index is 2.19. The first kappa shape index (κ1) is 14.4. The number of nitrogens with two attached hydrogens (primary N) is 1. The highest BCUT2D eigenvalue weighted by Gasteiger charge is 2.46. The predicted molar refractivity (Wildman–Crippen MR) is 74.4 cm³/mol. The molecule has 2 heterocycles. The van der Waals surface area contributed by atoms with Gasteiger partial charge in [0.05, 0.1) is 22.2 Å². The number of anilines is 2. The number of nitro groups is 1. The van der Waals surface area contributed by atoms with Crippen LogP contribution >= 0.6 is 0 Å². The topological polar surface area (TPSA) is 116 Å². The quantitative estimate of drug-likeness (QED) is 0.640. The normalized spacial score (nSPS) is 23.5. The number of nitrogens with zero attached hydrogens (tertiary/aromatic N) is 3. The Morgan fingerprint density at radius 2 is 2.15 bits per heavy atom. The van der Waals surface area contributed by atoms with Gasteiger partial charge in [0.15, 0.2) is 0 Å². The van der Waals surface area contributed by atoms with Crippen LogP contribution in [0.15, 0.2) is 6.20 Å². The summed E-state index contributed by atoms with van der Waals surface area (Å²) in [6.45, 7) is 7.99. The molecule has 1 fully saturated rings. The second-order valence-corrected chi connectivity index (χ2v) is 6.09. The molecule has 1 atom stereocenters. The minimum absolute atomic E-state index is 0.00152. The molecular weight excluding hydrogens is 262 g/mol. The van der Waals surface area contributed by atoms with Crippen LogP contribution in [0.5, 0.6) is 0 Å². The van der Waals surface area contributed by atoms with Gasteiger partial charge in [-0.3, -0.25) is 10.1 Å². The summed E-state index contributed by atoms with van der Waals surface area (Å²) >= 11 is 0. The lowest BCUT2D eigenvalue weighted by Crippen LogP contribution is -2.38. The molecule has 3 N–H and O–H groups in total. The number of hydrogen-bond donors (Lipinski definition) is 2. The number of rotatable bonds is 3. The van der Waals surface area contributed by atoms with Crippen molar-refractivity contribution in [2.45, 2.75) is 51.4 Å². The Morgan fingerprint density at radius 1 is 1.50 bits per heavy atom. The van der Waals surface area contributed by atoms with Crippen LogP contribution in [0, 0.1) is 10.1 Å². The van der Waals surface area contributed by atoms with Crippen molar-refractivity contribution >= 4 is 17.5 Å². The monoisotopic (exact) mass is 281 g/mol. The van der Waals surface area contributed by atoms with Gasteiger partial charge < -0.3 is 15.8 Å². The highest BCUT2D eigenvalue weighted by molar-refractivity contribution is 5.53. The van der Waals surface area contributed by atoms with Gasteiger partial charge in [0.25, 0.3) is 0 Å². The molecule has 0 amide bonds.